The molecule has 0 heterocycles. The van der Waals surface area contributed by atoms with E-state index in [2.05, 4.69) is 52.5 Å². The number of sulfonamides is 1. The van der Waals surface area contributed by atoms with Gasteiger partial charge in [-0.3, -0.25) is 0 Å². The van der Waals surface area contributed by atoms with Crippen molar-refractivity contribution in [2.24, 2.45) is 5.92 Å². The number of aliphatic hydroxyl groups excluding tert-OH is 1. The summed E-state index contributed by atoms with van der Waals surface area (Å²) in [5, 5.41) is 15.4. The van der Waals surface area contributed by atoms with Crippen molar-refractivity contribution in [2.75, 3.05) is 25.4 Å². The summed E-state index contributed by atoms with van der Waals surface area (Å²) in [5.41, 5.74) is 7.33. The number of hydrogen-bond donors (Lipinski definition) is 3. The standard InChI is InChI=1S/C29H38AsN3O4S/c1-21(2)19-33(38(36,37)27-14-12-25(31)13-15-27)26(20-34)9-5-6-16-32-29(35)28(30)18-22-10-11-23-7-3-4-8-24(23)17-22/h3-4,7-8,10-15,17,21,26,28,34H,5-6,9,16,18-20,31H2,1-2H3,(H,32,35). The second-order valence-electron chi connectivity index (χ2n) is 10.1. The molecule has 0 aliphatic heterocycles. The Labute approximate surface area is 235 Å². The van der Waals surface area contributed by atoms with E-state index in [0.717, 1.165) is 10.9 Å². The summed E-state index contributed by atoms with van der Waals surface area (Å²) in [6.45, 7) is 4.43. The summed E-state index contributed by atoms with van der Waals surface area (Å²) in [6.07, 6.45) is 2.49. The van der Waals surface area contributed by atoms with Crippen LogP contribution in [0.5, 0.6) is 0 Å². The van der Waals surface area contributed by atoms with E-state index in [9.17, 15) is 18.3 Å². The first-order chi connectivity index (χ1) is 18.1. The summed E-state index contributed by atoms with van der Waals surface area (Å²) in [7, 11) is -3.79. The van der Waals surface area contributed by atoms with Gasteiger partial charge in [-0.25, -0.2) is 0 Å². The second-order valence-corrected chi connectivity index (χ2v) is 13.3. The average molecular weight is 600 g/mol. The normalized spacial score (nSPS) is 13.6. The fourth-order valence-electron chi connectivity index (χ4n) is 4.42. The zero-order valence-electron chi connectivity index (χ0n) is 22.1. The Bertz CT molecular complexity index is 1300. The Kier molecular flexibility index (Phi) is 11.2. The van der Waals surface area contributed by atoms with Crippen molar-refractivity contribution in [3.8, 4) is 0 Å². The third kappa shape index (κ3) is 8.31. The maximum atomic E-state index is 13.4. The molecule has 3 rings (SSSR count). The number of nitrogen functional groups attached to an aromatic ring is 1. The van der Waals surface area contributed by atoms with Crippen molar-refractivity contribution in [3.05, 3.63) is 72.3 Å². The van der Waals surface area contributed by atoms with Gasteiger partial charge >= 0.3 is 212 Å². The van der Waals surface area contributed by atoms with Gasteiger partial charge in [-0.2, -0.15) is 0 Å². The van der Waals surface area contributed by atoms with Crippen LogP contribution >= 0.6 is 0 Å². The van der Waals surface area contributed by atoms with Crippen molar-refractivity contribution >= 4 is 49.2 Å². The number of benzene rings is 3. The molecule has 0 aromatic heterocycles. The zero-order valence-corrected chi connectivity index (χ0v) is 24.8. The number of anilines is 1. The molecule has 4 N–H and O–H groups in total. The number of nitrogens with zero attached hydrogens (tertiary/aromatic N) is 1. The molecule has 0 saturated heterocycles. The molecule has 2 atom stereocenters. The molecular weight excluding hydrogens is 561 g/mol. The Morgan fingerprint density at radius 2 is 1.71 bits per heavy atom. The first kappa shape index (κ1) is 30.2. The molecule has 0 bridgehead atoms. The third-order valence-corrected chi connectivity index (χ3v) is 9.27. The zero-order chi connectivity index (χ0) is 27.7. The van der Waals surface area contributed by atoms with Crippen LogP contribution in [-0.2, 0) is 21.2 Å². The minimum absolute atomic E-state index is 0.0239. The number of rotatable bonds is 14. The van der Waals surface area contributed by atoms with Crippen LogP contribution in [0.25, 0.3) is 10.8 Å². The van der Waals surface area contributed by atoms with Gasteiger partial charge in [-0.05, 0) is 12.1 Å². The van der Waals surface area contributed by atoms with Crippen molar-refractivity contribution in [3.63, 3.8) is 0 Å². The van der Waals surface area contributed by atoms with Crippen LogP contribution in [0, 0.1) is 5.92 Å². The molecule has 0 aliphatic carbocycles. The third-order valence-electron chi connectivity index (χ3n) is 6.46. The number of fused-ring (bicyclic) bond motifs is 1. The predicted octanol–water partition coefficient (Wildman–Crippen LogP) is 3.92. The molecule has 3 aromatic carbocycles. The SMILES string of the molecule is CC(C)CN(C(CO)CCCCNC(=O)C([As])Cc1ccc2ccccc2c1)S(=O)(=O)c1ccc(N)cc1. The minimum Gasteiger partial charge on any atom is -0.399 e. The maximum absolute atomic E-state index is 13.4. The van der Waals surface area contributed by atoms with E-state index >= 15 is 0 Å². The average Bonchev–Trinajstić information content (AvgIpc) is 2.89. The van der Waals surface area contributed by atoms with Gasteiger partial charge in [0.05, 0.1) is 0 Å². The monoisotopic (exact) mass is 599 g/mol. The van der Waals surface area contributed by atoms with Crippen LogP contribution in [0.2, 0.25) is 4.71 Å². The molecule has 9 heteroatoms. The van der Waals surface area contributed by atoms with Gasteiger partial charge in [0.2, 0.25) is 0 Å². The topological polar surface area (TPSA) is 113 Å². The van der Waals surface area contributed by atoms with E-state index in [-0.39, 0.29) is 28.0 Å². The Balaban J connectivity index is 1.51. The first-order valence-corrected chi connectivity index (χ1v) is 15.6. The van der Waals surface area contributed by atoms with E-state index < -0.39 is 16.1 Å². The number of hydrogen-bond acceptors (Lipinski definition) is 5. The summed E-state index contributed by atoms with van der Waals surface area (Å²) in [4.78, 5) is 12.8. The Morgan fingerprint density at radius 1 is 1.03 bits per heavy atom. The molecule has 0 saturated carbocycles. The van der Waals surface area contributed by atoms with E-state index in [1.54, 1.807) is 12.1 Å². The molecule has 0 aliphatic rings. The number of amides is 1. The molecule has 204 valence electrons. The van der Waals surface area contributed by atoms with Crippen LogP contribution < -0.4 is 11.1 Å². The van der Waals surface area contributed by atoms with Crippen LogP contribution in [0.15, 0.2) is 71.6 Å². The van der Waals surface area contributed by atoms with Crippen LogP contribution in [0.1, 0.15) is 38.7 Å². The molecule has 1 amide bonds. The fourth-order valence-corrected chi connectivity index (χ4v) is 6.86. The smallest absolute Gasteiger partial charge is 0.399 e. The molecular formula is C29H38AsN3O4S. The molecule has 2 unspecified atom stereocenters. The summed E-state index contributed by atoms with van der Waals surface area (Å²) in [6, 6.07) is 20.0. The molecule has 2 radical (unpaired) electrons. The van der Waals surface area contributed by atoms with Gasteiger partial charge in [0.1, 0.15) is 0 Å². The van der Waals surface area contributed by atoms with Crippen molar-refractivity contribution in [1.29, 1.82) is 0 Å². The van der Waals surface area contributed by atoms with E-state index in [0.29, 0.717) is 44.5 Å². The number of aliphatic hydroxyl groups is 1. The van der Waals surface area contributed by atoms with Crippen molar-refractivity contribution < 1.29 is 18.3 Å². The number of nitrogens with two attached hydrogens (primary N) is 1. The molecule has 0 spiro atoms. The van der Waals surface area contributed by atoms with E-state index in [1.165, 1.54) is 21.8 Å². The minimum atomic E-state index is -3.79. The summed E-state index contributed by atoms with van der Waals surface area (Å²) in [5.74, 6) is 0.0679. The van der Waals surface area contributed by atoms with Crippen LogP contribution in [0.3, 0.4) is 0 Å². The number of nitrogens with one attached hydrogen (secondary N) is 1. The predicted molar refractivity (Wildman–Crippen MR) is 154 cm³/mol. The van der Waals surface area contributed by atoms with Crippen LogP contribution in [0.4, 0.5) is 5.69 Å². The Hall–Kier alpha value is -2.38. The number of carbonyl (C=O) groups is 1. The number of carbonyl (C=O) groups excluding carboxylic acids is 1. The van der Waals surface area contributed by atoms with Gasteiger partial charge in [0.15, 0.2) is 0 Å². The fraction of sp³-hybridized carbons (Fsp3) is 0.414. The number of unbranched alkanes of at least 4 members (excludes halogenated alkanes) is 1. The summed E-state index contributed by atoms with van der Waals surface area (Å²) >= 11 is 2.46. The van der Waals surface area contributed by atoms with Crippen molar-refractivity contribution in [1.82, 2.24) is 9.62 Å². The molecule has 0 fully saturated rings. The first-order valence-electron chi connectivity index (χ1n) is 13.0. The van der Waals surface area contributed by atoms with Gasteiger partial charge in [0, 0.05) is 5.69 Å². The van der Waals surface area contributed by atoms with Crippen LogP contribution in [-0.4, -0.2) is 66.3 Å². The van der Waals surface area contributed by atoms with Crippen molar-refractivity contribution in [2.45, 2.75) is 55.2 Å². The van der Waals surface area contributed by atoms with Gasteiger partial charge in [0.25, 0.3) is 0 Å². The quantitative estimate of drug-likeness (QED) is 0.148. The van der Waals surface area contributed by atoms with Gasteiger partial charge < -0.3 is 5.73 Å². The molecule has 7 nitrogen and oxygen atoms in total. The summed E-state index contributed by atoms with van der Waals surface area (Å²) < 4.78 is 27.9. The molecule has 3 aromatic rings. The molecule has 38 heavy (non-hydrogen) atoms. The van der Waals surface area contributed by atoms with E-state index in [1.807, 2.05) is 26.0 Å². The van der Waals surface area contributed by atoms with Gasteiger partial charge in [-0.1, -0.05) is 0 Å². The van der Waals surface area contributed by atoms with Gasteiger partial charge in [-0.15, -0.1) is 0 Å². The Morgan fingerprint density at radius 3 is 2.37 bits per heavy atom. The second kappa shape index (κ2) is 14.1. The van der Waals surface area contributed by atoms with E-state index in [4.69, 9.17) is 5.73 Å².